The first-order valence-electron chi connectivity index (χ1n) is 12.6. The third-order valence-electron chi connectivity index (χ3n) is 6.59. The van der Waals surface area contributed by atoms with Gasteiger partial charge >= 0.3 is 0 Å². The Balaban J connectivity index is 1.54. The van der Waals surface area contributed by atoms with E-state index in [0.29, 0.717) is 55.5 Å². The molecule has 0 N–H and O–H groups in total. The van der Waals surface area contributed by atoms with E-state index in [1.54, 1.807) is 48.7 Å². The van der Waals surface area contributed by atoms with Crippen LogP contribution >= 0.6 is 11.3 Å². The quantitative estimate of drug-likeness (QED) is 0.317. The number of carbonyl (C=O) groups is 2. The summed E-state index contributed by atoms with van der Waals surface area (Å²) in [5, 5.41) is 2.06. The highest BCUT2D eigenvalue weighted by atomic mass is 32.1. The van der Waals surface area contributed by atoms with Gasteiger partial charge in [-0.05, 0) is 54.1 Å². The zero-order valence-corrected chi connectivity index (χ0v) is 22.9. The lowest BCUT2D eigenvalue weighted by molar-refractivity contribution is -0.135. The van der Waals surface area contributed by atoms with Crippen LogP contribution in [-0.4, -0.2) is 75.8 Å². The summed E-state index contributed by atoms with van der Waals surface area (Å²) in [5.41, 5.74) is 1.52. The lowest BCUT2D eigenvalue weighted by Gasteiger charge is -2.37. The standard InChI is InChI=1S/C29H34N2O6S/c1-34-16-7-14-30(29(33)24-10-4-5-11-26(24)36-3)19-28(32)31-15-12-27-23(13-17-38-27)25(31)20-37-22-9-6-8-21(18-22)35-2/h4-6,8-11,13,17-18,25H,7,12,14-16,19-20H2,1-3H3/t25-/m0/s1. The number of fused-ring (bicyclic) bond motifs is 1. The highest BCUT2D eigenvalue weighted by molar-refractivity contribution is 7.10. The summed E-state index contributed by atoms with van der Waals surface area (Å²) >= 11 is 1.70. The molecule has 1 aliphatic rings. The van der Waals surface area contributed by atoms with E-state index in [0.717, 1.165) is 12.0 Å². The van der Waals surface area contributed by atoms with Gasteiger partial charge < -0.3 is 28.7 Å². The van der Waals surface area contributed by atoms with E-state index in [1.165, 1.54) is 12.0 Å². The van der Waals surface area contributed by atoms with Crippen LogP contribution < -0.4 is 14.2 Å². The van der Waals surface area contributed by atoms with E-state index < -0.39 is 0 Å². The van der Waals surface area contributed by atoms with E-state index in [4.69, 9.17) is 18.9 Å². The fourth-order valence-electron chi connectivity index (χ4n) is 4.64. The largest absolute Gasteiger partial charge is 0.497 e. The Hall–Kier alpha value is -3.56. The summed E-state index contributed by atoms with van der Waals surface area (Å²) in [5.74, 6) is 1.49. The second kappa shape index (κ2) is 13.3. The molecule has 2 amide bonds. The van der Waals surface area contributed by atoms with Crippen molar-refractivity contribution in [2.45, 2.75) is 18.9 Å². The van der Waals surface area contributed by atoms with Crippen molar-refractivity contribution in [1.82, 2.24) is 9.80 Å². The first kappa shape index (κ1) is 27.5. The number of nitrogens with zero attached hydrogens (tertiary/aromatic N) is 2. The van der Waals surface area contributed by atoms with E-state index in [-0.39, 0.29) is 24.4 Å². The molecule has 0 radical (unpaired) electrons. The molecule has 0 aliphatic carbocycles. The summed E-state index contributed by atoms with van der Waals surface area (Å²) in [6.07, 6.45) is 1.39. The van der Waals surface area contributed by atoms with E-state index in [9.17, 15) is 9.59 Å². The number of para-hydroxylation sites is 1. The van der Waals surface area contributed by atoms with Gasteiger partial charge in [0.2, 0.25) is 5.91 Å². The summed E-state index contributed by atoms with van der Waals surface area (Å²) in [6, 6.07) is 16.3. The molecular formula is C29H34N2O6S. The summed E-state index contributed by atoms with van der Waals surface area (Å²) in [6.45, 7) is 1.69. The van der Waals surface area contributed by atoms with Gasteiger partial charge in [0.1, 0.15) is 30.4 Å². The first-order chi connectivity index (χ1) is 18.5. The predicted octanol–water partition coefficient (Wildman–Crippen LogP) is 4.45. The van der Waals surface area contributed by atoms with Gasteiger partial charge in [0.05, 0.1) is 25.8 Å². The second-order valence-electron chi connectivity index (χ2n) is 8.92. The fraction of sp³-hybridized carbons (Fsp3) is 0.379. The molecule has 1 aromatic heterocycles. The number of carbonyl (C=O) groups excluding carboxylic acids is 2. The molecule has 202 valence electrons. The summed E-state index contributed by atoms with van der Waals surface area (Å²) in [7, 11) is 4.77. The number of hydrogen-bond acceptors (Lipinski definition) is 7. The molecule has 0 bridgehead atoms. The molecule has 0 unspecified atom stereocenters. The highest BCUT2D eigenvalue weighted by Gasteiger charge is 2.34. The van der Waals surface area contributed by atoms with Crippen LogP contribution in [0, 0.1) is 0 Å². The topological polar surface area (TPSA) is 77.5 Å². The number of benzene rings is 2. The van der Waals surface area contributed by atoms with Gasteiger partial charge in [0, 0.05) is 37.7 Å². The smallest absolute Gasteiger partial charge is 0.258 e. The number of hydrogen-bond donors (Lipinski definition) is 0. The van der Waals surface area contributed by atoms with Crippen molar-refractivity contribution in [2.75, 3.05) is 54.2 Å². The number of ether oxygens (including phenoxy) is 4. The molecule has 3 aromatic rings. The van der Waals surface area contributed by atoms with Crippen molar-refractivity contribution in [3.8, 4) is 17.2 Å². The van der Waals surface area contributed by atoms with Crippen LogP contribution in [0.15, 0.2) is 60.0 Å². The molecule has 9 heteroatoms. The van der Waals surface area contributed by atoms with Gasteiger partial charge in [-0.25, -0.2) is 0 Å². The van der Waals surface area contributed by atoms with Gasteiger partial charge in [0.15, 0.2) is 0 Å². The van der Waals surface area contributed by atoms with Gasteiger partial charge in [-0.3, -0.25) is 9.59 Å². The molecule has 1 aliphatic heterocycles. The average molecular weight is 539 g/mol. The Morgan fingerprint density at radius 3 is 2.63 bits per heavy atom. The van der Waals surface area contributed by atoms with Crippen LogP contribution in [0.25, 0.3) is 0 Å². The van der Waals surface area contributed by atoms with Crippen molar-refractivity contribution in [2.24, 2.45) is 0 Å². The van der Waals surface area contributed by atoms with Crippen LogP contribution in [0.5, 0.6) is 17.2 Å². The predicted molar refractivity (Wildman–Crippen MR) is 146 cm³/mol. The van der Waals surface area contributed by atoms with Crippen molar-refractivity contribution in [1.29, 1.82) is 0 Å². The number of thiophene rings is 1. The third-order valence-corrected chi connectivity index (χ3v) is 7.59. The Labute approximate surface area is 227 Å². The van der Waals surface area contributed by atoms with Crippen LogP contribution in [-0.2, 0) is 16.0 Å². The maximum absolute atomic E-state index is 13.8. The first-order valence-corrected chi connectivity index (χ1v) is 13.5. The van der Waals surface area contributed by atoms with Crippen molar-refractivity contribution < 1.29 is 28.5 Å². The lowest BCUT2D eigenvalue weighted by atomic mass is 10.00. The molecule has 4 rings (SSSR count). The van der Waals surface area contributed by atoms with Gasteiger partial charge in [-0.1, -0.05) is 18.2 Å². The van der Waals surface area contributed by atoms with Crippen LogP contribution in [0.1, 0.15) is 33.3 Å². The lowest BCUT2D eigenvalue weighted by Crippen LogP contribution is -2.48. The van der Waals surface area contributed by atoms with E-state index in [1.807, 2.05) is 35.2 Å². The Bertz CT molecular complexity index is 1230. The summed E-state index contributed by atoms with van der Waals surface area (Å²) in [4.78, 5) is 32.0. The third kappa shape index (κ3) is 6.46. The number of rotatable bonds is 12. The molecule has 2 heterocycles. The van der Waals surface area contributed by atoms with E-state index in [2.05, 4.69) is 11.4 Å². The maximum atomic E-state index is 13.8. The zero-order valence-electron chi connectivity index (χ0n) is 22.1. The number of methoxy groups -OCH3 is 3. The molecule has 38 heavy (non-hydrogen) atoms. The van der Waals surface area contributed by atoms with Crippen molar-refractivity contribution in [3.05, 3.63) is 76.0 Å². The molecule has 0 spiro atoms. The molecule has 1 atom stereocenters. The van der Waals surface area contributed by atoms with Crippen LogP contribution in [0.3, 0.4) is 0 Å². The molecule has 0 saturated heterocycles. The SMILES string of the molecule is COCCCN(CC(=O)N1CCc2sccc2[C@@H]1COc1cccc(OC)c1)C(=O)c1ccccc1OC. The molecule has 0 saturated carbocycles. The van der Waals surface area contributed by atoms with Gasteiger partial charge in [0.25, 0.3) is 5.91 Å². The van der Waals surface area contributed by atoms with Crippen LogP contribution in [0.4, 0.5) is 0 Å². The zero-order chi connectivity index (χ0) is 26.9. The summed E-state index contributed by atoms with van der Waals surface area (Å²) < 4.78 is 22.1. The average Bonchev–Trinajstić information content (AvgIpc) is 3.44. The minimum absolute atomic E-state index is 0.0459. The molecule has 2 aromatic carbocycles. The minimum atomic E-state index is -0.258. The second-order valence-corrected chi connectivity index (χ2v) is 9.92. The van der Waals surface area contributed by atoms with Gasteiger partial charge in [-0.15, -0.1) is 11.3 Å². The van der Waals surface area contributed by atoms with Crippen LogP contribution in [0.2, 0.25) is 0 Å². The normalized spacial score (nSPS) is 14.5. The number of amides is 2. The molecular weight excluding hydrogens is 504 g/mol. The minimum Gasteiger partial charge on any atom is -0.497 e. The molecule has 0 fully saturated rings. The van der Waals surface area contributed by atoms with Crippen molar-refractivity contribution >= 4 is 23.2 Å². The Morgan fingerprint density at radius 2 is 1.84 bits per heavy atom. The van der Waals surface area contributed by atoms with Crippen molar-refractivity contribution in [3.63, 3.8) is 0 Å². The monoisotopic (exact) mass is 538 g/mol. The van der Waals surface area contributed by atoms with E-state index >= 15 is 0 Å². The Morgan fingerprint density at radius 1 is 1.03 bits per heavy atom. The Kier molecular flexibility index (Phi) is 9.62. The van der Waals surface area contributed by atoms with Gasteiger partial charge in [-0.2, -0.15) is 0 Å². The molecule has 8 nitrogen and oxygen atoms in total. The fourth-order valence-corrected chi connectivity index (χ4v) is 5.57. The maximum Gasteiger partial charge on any atom is 0.258 e. The highest BCUT2D eigenvalue weighted by Crippen LogP contribution is 2.34.